The van der Waals surface area contributed by atoms with Crippen molar-refractivity contribution in [1.82, 2.24) is 9.55 Å². The number of nitrogens with two attached hydrogens (primary N) is 1. The fraction of sp³-hybridized carbons (Fsp3) is 0.357. The van der Waals surface area contributed by atoms with Crippen LogP contribution in [0.4, 0.5) is 0 Å². The summed E-state index contributed by atoms with van der Waals surface area (Å²) in [5.74, 6) is 0. The first kappa shape index (κ1) is 11.9. The average molecular weight is 229 g/mol. The fourth-order valence-electron chi connectivity index (χ4n) is 1.89. The fourth-order valence-corrected chi connectivity index (χ4v) is 1.89. The van der Waals surface area contributed by atoms with Crippen LogP contribution in [0.1, 0.15) is 29.8 Å². The Kier molecular flexibility index (Phi) is 3.59. The zero-order valence-electron chi connectivity index (χ0n) is 10.4. The Balaban J connectivity index is 2.04. The van der Waals surface area contributed by atoms with Gasteiger partial charge in [-0.1, -0.05) is 31.2 Å². The third-order valence-corrected chi connectivity index (χ3v) is 2.99. The number of imidazole rings is 1. The summed E-state index contributed by atoms with van der Waals surface area (Å²) in [7, 11) is 1.96. The number of aromatic nitrogens is 2. The molecule has 0 aliphatic carbocycles. The minimum atomic E-state index is -0.0244. The third kappa shape index (κ3) is 2.94. The molecule has 2 aromatic rings. The molecule has 0 aliphatic heterocycles. The van der Waals surface area contributed by atoms with Crippen LogP contribution in [0.5, 0.6) is 0 Å². The maximum atomic E-state index is 6.14. The highest BCUT2D eigenvalue weighted by Gasteiger charge is 2.09. The lowest BCUT2D eigenvalue weighted by Gasteiger charge is -2.09. The van der Waals surface area contributed by atoms with E-state index in [2.05, 4.69) is 36.2 Å². The first-order valence-electron chi connectivity index (χ1n) is 6.00. The van der Waals surface area contributed by atoms with Gasteiger partial charge in [-0.15, -0.1) is 0 Å². The van der Waals surface area contributed by atoms with Gasteiger partial charge in [-0.05, 0) is 24.0 Å². The van der Waals surface area contributed by atoms with Crippen molar-refractivity contribution in [3.05, 3.63) is 53.6 Å². The summed E-state index contributed by atoms with van der Waals surface area (Å²) in [5.41, 5.74) is 9.71. The van der Waals surface area contributed by atoms with Crippen molar-refractivity contribution < 1.29 is 0 Å². The predicted molar refractivity (Wildman–Crippen MR) is 69.7 cm³/mol. The Morgan fingerprint density at radius 3 is 2.41 bits per heavy atom. The topological polar surface area (TPSA) is 43.8 Å². The largest absolute Gasteiger partial charge is 0.340 e. The van der Waals surface area contributed by atoms with E-state index >= 15 is 0 Å². The summed E-state index contributed by atoms with van der Waals surface area (Å²) >= 11 is 0. The van der Waals surface area contributed by atoms with Crippen molar-refractivity contribution in [2.45, 2.75) is 25.8 Å². The molecule has 1 heterocycles. The van der Waals surface area contributed by atoms with E-state index < -0.39 is 0 Å². The molecular formula is C14H19N3. The minimum absolute atomic E-state index is 0.0244. The van der Waals surface area contributed by atoms with Gasteiger partial charge in [-0.3, -0.25) is 0 Å². The Hall–Kier alpha value is -1.61. The standard InChI is InChI=1S/C14H19N3/c1-3-11-4-6-12(7-5-11)8-13(15)14-9-17(2)10-16-14/h4-7,9-10,13H,3,8,15H2,1-2H3. The predicted octanol–water partition coefficient (Wildman–Crippen LogP) is 2.22. The van der Waals surface area contributed by atoms with Crippen LogP contribution in [-0.2, 0) is 19.9 Å². The van der Waals surface area contributed by atoms with E-state index in [4.69, 9.17) is 5.73 Å². The van der Waals surface area contributed by atoms with Crippen molar-refractivity contribution in [3.8, 4) is 0 Å². The number of benzene rings is 1. The number of hydrogen-bond acceptors (Lipinski definition) is 2. The van der Waals surface area contributed by atoms with Gasteiger partial charge in [0, 0.05) is 13.2 Å². The quantitative estimate of drug-likeness (QED) is 0.873. The summed E-state index contributed by atoms with van der Waals surface area (Å²) in [4.78, 5) is 4.28. The van der Waals surface area contributed by atoms with Crippen molar-refractivity contribution in [2.24, 2.45) is 12.8 Å². The van der Waals surface area contributed by atoms with Gasteiger partial charge in [0.25, 0.3) is 0 Å². The van der Waals surface area contributed by atoms with Gasteiger partial charge in [-0.2, -0.15) is 0 Å². The first-order valence-corrected chi connectivity index (χ1v) is 6.00. The molecule has 17 heavy (non-hydrogen) atoms. The third-order valence-electron chi connectivity index (χ3n) is 2.99. The molecule has 90 valence electrons. The van der Waals surface area contributed by atoms with Crippen LogP contribution in [0.2, 0.25) is 0 Å². The number of rotatable bonds is 4. The Morgan fingerprint density at radius 1 is 1.24 bits per heavy atom. The Morgan fingerprint density at radius 2 is 1.88 bits per heavy atom. The molecule has 1 unspecified atom stereocenters. The van der Waals surface area contributed by atoms with E-state index in [-0.39, 0.29) is 6.04 Å². The molecule has 0 fully saturated rings. The van der Waals surface area contributed by atoms with Crippen molar-refractivity contribution >= 4 is 0 Å². The monoisotopic (exact) mass is 229 g/mol. The number of hydrogen-bond donors (Lipinski definition) is 1. The molecule has 0 saturated carbocycles. The second kappa shape index (κ2) is 5.15. The van der Waals surface area contributed by atoms with Gasteiger partial charge < -0.3 is 10.3 Å². The molecule has 3 heteroatoms. The van der Waals surface area contributed by atoms with Gasteiger partial charge in [0.2, 0.25) is 0 Å². The molecule has 3 nitrogen and oxygen atoms in total. The molecule has 1 atom stereocenters. The molecule has 0 amide bonds. The summed E-state index contributed by atoms with van der Waals surface area (Å²) < 4.78 is 1.93. The van der Waals surface area contributed by atoms with Crippen LogP contribution in [-0.4, -0.2) is 9.55 Å². The molecular weight excluding hydrogens is 210 g/mol. The highest BCUT2D eigenvalue weighted by atomic mass is 15.0. The van der Waals surface area contributed by atoms with Crippen LogP contribution < -0.4 is 5.73 Å². The number of aryl methyl sites for hydroxylation is 2. The zero-order valence-corrected chi connectivity index (χ0v) is 10.4. The van der Waals surface area contributed by atoms with Crippen LogP contribution in [0, 0.1) is 0 Å². The lowest BCUT2D eigenvalue weighted by Crippen LogP contribution is -2.13. The second-order valence-corrected chi connectivity index (χ2v) is 4.44. The zero-order chi connectivity index (χ0) is 12.3. The summed E-state index contributed by atoms with van der Waals surface area (Å²) in [5, 5.41) is 0. The second-order valence-electron chi connectivity index (χ2n) is 4.44. The van der Waals surface area contributed by atoms with Crippen LogP contribution >= 0.6 is 0 Å². The average Bonchev–Trinajstić information content (AvgIpc) is 2.77. The molecule has 1 aromatic heterocycles. The molecule has 0 aliphatic rings. The van der Waals surface area contributed by atoms with Gasteiger partial charge in [0.15, 0.2) is 0 Å². The molecule has 0 saturated heterocycles. The maximum absolute atomic E-state index is 6.14. The SMILES string of the molecule is CCc1ccc(CC(N)c2cn(C)cn2)cc1. The van der Waals surface area contributed by atoms with E-state index in [1.165, 1.54) is 11.1 Å². The Labute approximate surface area is 102 Å². The van der Waals surface area contributed by atoms with Gasteiger partial charge in [0.1, 0.15) is 0 Å². The lowest BCUT2D eigenvalue weighted by molar-refractivity contribution is 0.700. The van der Waals surface area contributed by atoms with Crippen LogP contribution in [0.3, 0.4) is 0 Å². The van der Waals surface area contributed by atoms with Crippen LogP contribution in [0.15, 0.2) is 36.8 Å². The highest BCUT2D eigenvalue weighted by Crippen LogP contribution is 2.14. The smallest absolute Gasteiger partial charge is 0.0947 e. The molecule has 0 radical (unpaired) electrons. The Bertz CT molecular complexity index is 470. The molecule has 0 bridgehead atoms. The maximum Gasteiger partial charge on any atom is 0.0947 e. The molecule has 0 spiro atoms. The van der Waals surface area contributed by atoms with Crippen LogP contribution in [0.25, 0.3) is 0 Å². The van der Waals surface area contributed by atoms with Crippen molar-refractivity contribution in [1.29, 1.82) is 0 Å². The summed E-state index contributed by atoms with van der Waals surface area (Å²) in [6, 6.07) is 8.62. The van der Waals surface area contributed by atoms with Gasteiger partial charge in [-0.25, -0.2) is 4.98 Å². The van der Waals surface area contributed by atoms with Crippen molar-refractivity contribution in [2.75, 3.05) is 0 Å². The van der Waals surface area contributed by atoms with E-state index in [0.29, 0.717) is 0 Å². The molecule has 2 N–H and O–H groups in total. The normalized spacial score (nSPS) is 12.6. The van der Waals surface area contributed by atoms with Crippen molar-refractivity contribution in [3.63, 3.8) is 0 Å². The van der Waals surface area contributed by atoms with E-state index in [9.17, 15) is 0 Å². The molecule has 1 aromatic carbocycles. The molecule has 2 rings (SSSR count). The van der Waals surface area contributed by atoms with Gasteiger partial charge >= 0.3 is 0 Å². The van der Waals surface area contributed by atoms with E-state index in [1.807, 2.05) is 17.8 Å². The van der Waals surface area contributed by atoms with Gasteiger partial charge in [0.05, 0.1) is 18.1 Å². The lowest BCUT2D eigenvalue weighted by atomic mass is 10.0. The number of nitrogens with zero attached hydrogens (tertiary/aromatic N) is 2. The summed E-state index contributed by atoms with van der Waals surface area (Å²) in [6.07, 6.45) is 5.67. The van der Waals surface area contributed by atoms with E-state index in [1.54, 1.807) is 6.33 Å². The minimum Gasteiger partial charge on any atom is -0.340 e. The first-order chi connectivity index (χ1) is 8.19. The summed E-state index contributed by atoms with van der Waals surface area (Å²) in [6.45, 7) is 2.16. The van der Waals surface area contributed by atoms with E-state index in [0.717, 1.165) is 18.5 Å². The highest BCUT2D eigenvalue weighted by molar-refractivity contribution is 5.24.